The van der Waals surface area contributed by atoms with Crippen LogP contribution in [0.1, 0.15) is 87.9 Å². The summed E-state index contributed by atoms with van der Waals surface area (Å²) in [5.74, 6) is 0. The van der Waals surface area contributed by atoms with E-state index >= 15 is 0 Å². The van der Waals surface area contributed by atoms with Crippen molar-refractivity contribution in [3.63, 3.8) is 0 Å². The van der Waals surface area contributed by atoms with Gasteiger partial charge in [-0.25, -0.2) is 0 Å². The molecule has 3 heteroatoms. The smallest absolute Gasteiger partial charge is 1.00 e. The molecule has 232 valence electrons. The van der Waals surface area contributed by atoms with E-state index in [1.54, 1.807) is 33.4 Å². The molecule has 0 radical (unpaired) electrons. The van der Waals surface area contributed by atoms with Crippen molar-refractivity contribution in [2.45, 2.75) is 84.7 Å². The zero-order valence-electron chi connectivity index (χ0n) is 28.6. The topological polar surface area (TPSA) is 0 Å². The van der Waals surface area contributed by atoms with Gasteiger partial charge in [-0.05, 0) is 0 Å². The van der Waals surface area contributed by atoms with Gasteiger partial charge in [-0.15, -0.1) is 0 Å². The van der Waals surface area contributed by atoms with Crippen LogP contribution in [0.5, 0.6) is 0 Å². The fraction of sp³-hybridized carbons (Fsp3) is 0.333. The largest absolute Gasteiger partial charge is 1.00 e. The van der Waals surface area contributed by atoms with E-state index in [0.29, 0.717) is 7.25 Å². The third kappa shape index (κ3) is 5.03. The van der Waals surface area contributed by atoms with E-state index in [9.17, 15) is 0 Å². The van der Waals surface area contributed by atoms with Gasteiger partial charge in [0, 0.05) is 0 Å². The summed E-state index contributed by atoms with van der Waals surface area (Å²) in [5.41, 5.74) is 27.2. The van der Waals surface area contributed by atoms with Crippen molar-refractivity contribution >= 4 is 12.2 Å². The van der Waals surface area contributed by atoms with Crippen molar-refractivity contribution < 1.29 is 45.1 Å². The van der Waals surface area contributed by atoms with Gasteiger partial charge in [0.25, 0.3) is 0 Å². The second-order valence-corrected chi connectivity index (χ2v) is 25.6. The van der Waals surface area contributed by atoms with Crippen LogP contribution in [0.15, 0.2) is 59.7 Å². The van der Waals surface area contributed by atoms with E-state index in [2.05, 4.69) is 130 Å². The molecule has 0 N–H and O–H groups in total. The molecule has 0 spiro atoms. The monoisotopic (exact) mass is 710 g/mol. The van der Waals surface area contributed by atoms with Crippen LogP contribution in [0.3, 0.4) is 0 Å². The molecular weight excluding hydrogens is 667 g/mol. The maximum Gasteiger partial charge on any atom is -1.00 e. The molecule has 0 bridgehead atoms. The summed E-state index contributed by atoms with van der Waals surface area (Å²) in [5, 5.41) is 0. The molecule has 1 fully saturated rings. The Hall–Kier alpha value is -2.18. The zero-order valence-corrected chi connectivity index (χ0v) is 32.6. The molecule has 7 rings (SSSR count). The maximum absolute atomic E-state index is 2.79. The minimum absolute atomic E-state index is 0. The molecule has 2 atom stereocenters. The van der Waals surface area contributed by atoms with E-state index in [1.165, 1.54) is 75.0 Å². The van der Waals surface area contributed by atoms with Crippen LogP contribution >= 0.6 is 0 Å². The molecule has 4 aromatic rings. The third-order valence-corrected chi connectivity index (χ3v) is 25.1. The van der Waals surface area contributed by atoms with Crippen molar-refractivity contribution in [1.29, 1.82) is 0 Å². The summed E-state index contributed by atoms with van der Waals surface area (Å²) in [4.78, 5) is 0. The fourth-order valence-corrected chi connectivity index (χ4v) is 27.3. The normalized spacial score (nSPS) is 18.1. The fourth-order valence-electron chi connectivity index (χ4n) is 9.26. The first-order valence-electron chi connectivity index (χ1n) is 16.2. The summed E-state index contributed by atoms with van der Waals surface area (Å²) in [6.45, 7) is 23.7. The number of hydrogen-bond donors (Lipinski definition) is 0. The van der Waals surface area contributed by atoms with Crippen LogP contribution in [0.4, 0.5) is 0 Å². The van der Waals surface area contributed by atoms with Gasteiger partial charge in [0.05, 0.1) is 0 Å². The molecule has 2 aliphatic carbocycles. The molecule has 4 aromatic carbocycles. The predicted molar refractivity (Wildman–Crippen MR) is 184 cm³/mol. The van der Waals surface area contributed by atoms with Crippen LogP contribution in [-0.2, 0) is 20.3 Å². The van der Waals surface area contributed by atoms with Crippen molar-refractivity contribution in [3.05, 3.63) is 126 Å². The Morgan fingerprint density at radius 2 is 0.867 bits per heavy atom. The van der Waals surface area contributed by atoms with Gasteiger partial charge in [-0.3, -0.25) is 0 Å². The molecule has 1 saturated heterocycles. The van der Waals surface area contributed by atoms with Crippen LogP contribution in [0.2, 0.25) is 8.26 Å². The molecular formula is C42H46Cl2Zr. The minimum Gasteiger partial charge on any atom is -1.00 e. The molecule has 1 heterocycles. The molecule has 45 heavy (non-hydrogen) atoms. The van der Waals surface area contributed by atoms with Crippen LogP contribution in [0, 0.1) is 55.4 Å². The van der Waals surface area contributed by atoms with E-state index in [-0.39, 0.29) is 24.8 Å². The number of hydrogen-bond acceptors (Lipinski definition) is 0. The van der Waals surface area contributed by atoms with E-state index < -0.39 is 20.3 Å². The Bertz CT molecular complexity index is 1800. The van der Waals surface area contributed by atoms with Crippen molar-refractivity contribution in [2.75, 3.05) is 0 Å². The Morgan fingerprint density at radius 1 is 0.489 bits per heavy atom. The Labute approximate surface area is 288 Å². The average Bonchev–Trinajstić information content (AvgIpc) is 3.56. The second-order valence-electron chi connectivity index (χ2n) is 14.3. The van der Waals surface area contributed by atoms with E-state index in [4.69, 9.17) is 0 Å². The summed E-state index contributed by atoms with van der Waals surface area (Å²) in [6, 6.07) is 18.4. The molecule has 1 aliphatic heterocycles. The molecule has 0 nitrogen and oxygen atoms in total. The molecule has 0 saturated carbocycles. The average molecular weight is 713 g/mol. The van der Waals surface area contributed by atoms with Gasteiger partial charge in [0.15, 0.2) is 0 Å². The summed E-state index contributed by atoms with van der Waals surface area (Å²) < 4.78 is 4.32. The van der Waals surface area contributed by atoms with Crippen LogP contribution in [0.25, 0.3) is 34.4 Å². The standard InChI is InChI=1S/2C20H21.C2H4.2ClH.Zr/c2*1-12-7-6-8-17(9-12)20-16(5)14(3)15(4)18-10-13(2)11-19(18)20;1-2;;;/h2*6-11H,1-5H3;1-2H2;2*1H;/q;;;;;+2/p-2. The number of allylic oxidation sites excluding steroid dienone is 2. The first-order chi connectivity index (χ1) is 20.5. The Morgan fingerprint density at radius 3 is 1.20 bits per heavy atom. The summed E-state index contributed by atoms with van der Waals surface area (Å²) in [7, 11) is 0. The van der Waals surface area contributed by atoms with Gasteiger partial charge in [0.2, 0.25) is 0 Å². The maximum atomic E-state index is 2.62. The Balaban J connectivity index is 0.00000200. The number of halogens is 2. The predicted octanol–water partition coefficient (Wildman–Crippen LogP) is 6.12. The third-order valence-electron chi connectivity index (χ3n) is 11.7. The summed E-state index contributed by atoms with van der Waals surface area (Å²) in [6.07, 6.45) is 5.24. The van der Waals surface area contributed by atoms with E-state index in [1.807, 2.05) is 0 Å². The quantitative estimate of drug-likeness (QED) is 0.240. The zero-order chi connectivity index (χ0) is 30.5. The number of fused-ring (bicyclic) bond motifs is 2. The molecule has 3 aliphatic rings. The van der Waals surface area contributed by atoms with Crippen molar-refractivity contribution in [2.24, 2.45) is 0 Å². The van der Waals surface area contributed by atoms with Gasteiger partial charge in [-0.1, -0.05) is 0 Å². The number of benzene rings is 4. The second kappa shape index (κ2) is 12.1. The van der Waals surface area contributed by atoms with Crippen LogP contribution < -0.4 is 24.8 Å². The first-order valence-corrected chi connectivity index (χ1v) is 22.6. The minimum atomic E-state index is -2.79. The number of rotatable bonds is 4. The van der Waals surface area contributed by atoms with Crippen molar-refractivity contribution in [1.82, 2.24) is 0 Å². The van der Waals surface area contributed by atoms with Gasteiger partial charge in [0.1, 0.15) is 0 Å². The van der Waals surface area contributed by atoms with Gasteiger partial charge >= 0.3 is 266 Å². The SMILES string of the molecule is CC1=Cc2c(-c3cccc(C)c3)c(C)c(C)c(C)c2[CH]1[Zr+2]1([CH]2C(C)=Cc3c(-c4cccc(C)c4)c(C)c(C)c(C)c32)[CH2][CH2]1.[Cl-].[Cl-]. The molecule has 0 aromatic heterocycles. The first kappa shape index (κ1) is 34.2. The van der Waals surface area contributed by atoms with E-state index in [0.717, 1.165) is 0 Å². The summed E-state index contributed by atoms with van der Waals surface area (Å²) >= 11 is -2.79. The number of aryl methyl sites for hydroxylation is 2. The van der Waals surface area contributed by atoms with Crippen molar-refractivity contribution in [3.8, 4) is 22.3 Å². The van der Waals surface area contributed by atoms with Gasteiger partial charge < -0.3 is 24.8 Å². The van der Waals surface area contributed by atoms with Crippen LogP contribution in [-0.4, -0.2) is 0 Å². The molecule has 0 amide bonds. The van der Waals surface area contributed by atoms with Gasteiger partial charge in [-0.2, -0.15) is 0 Å². The molecule has 2 unspecified atom stereocenters. The Kier molecular flexibility index (Phi) is 9.20.